The Morgan fingerprint density at radius 2 is 1.93 bits per heavy atom. The number of rotatable bonds is 4. The molecule has 138 valence electrons. The highest BCUT2D eigenvalue weighted by Crippen LogP contribution is 2.41. The lowest BCUT2D eigenvalue weighted by Crippen LogP contribution is -2.05. The Balaban J connectivity index is 1.99. The highest BCUT2D eigenvalue weighted by Gasteiger charge is 2.17. The molecule has 2 N–H and O–H groups in total. The standard InChI is InChI=1S/C23H23NO2S/c1-4-5-13(2)15-6-8-16(9-7-15)19-18(25)12-14(3)21-20(19)17-10-11-27-22(17)23(26)24-21/h6-13,25H,4-5H2,1-3H3,(H,24,26)/t13-/m0/s1. The van der Waals surface area contributed by atoms with Crippen molar-refractivity contribution >= 4 is 32.3 Å². The van der Waals surface area contributed by atoms with Gasteiger partial charge in [-0.25, -0.2) is 0 Å². The summed E-state index contributed by atoms with van der Waals surface area (Å²) in [4.78, 5) is 15.4. The molecule has 0 unspecified atom stereocenters. The highest BCUT2D eigenvalue weighted by molar-refractivity contribution is 7.17. The van der Waals surface area contributed by atoms with Crippen LogP contribution >= 0.6 is 11.3 Å². The monoisotopic (exact) mass is 377 g/mol. The third-order valence-corrected chi connectivity index (χ3v) is 6.29. The quantitative estimate of drug-likeness (QED) is 0.437. The van der Waals surface area contributed by atoms with Gasteiger partial charge < -0.3 is 10.1 Å². The topological polar surface area (TPSA) is 53.1 Å². The first kappa shape index (κ1) is 17.8. The van der Waals surface area contributed by atoms with Gasteiger partial charge in [-0.2, -0.15) is 0 Å². The third-order valence-electron chi connectivity index (χ3n) is 5.37. The summed E-state index contributed by atoms with van der Waals surface area (Å²) in [6.45, 7) is 6.36. The van der Waals surface area contributed by atoms with Crippen LogP contribution in [0.3, 0.4) is 0 Å². The summed E-state index contributed by atoms with van der Waals surface area (Å²) in [7, 11) is 0. The van der Waals surface area contributed by atoms with Crippen molar-refractivity contribution < 1.29 is 5.11 Å². The Bertz CT molecular complexity index is 1190. The largest absolute Gasteiger partial charge is 0.507 e. The molecule has 1 atom stereocenters. The van der Waals surface area contributed by atoms with Gasteiger partial charge in [-0.15, -0.1) is 11.3 Å². The van der Waals surface area contributed by atoms with E-state index in [1.807, 2.05) is 18.4 Å². The van der Waals surface area contributed by atoms with Crippen LogP contribution in [0.25, 0.3) is 32.1 Å². The second-order valence-corrected chi connectivity index (χ2v) is 8.18. The van der Waals surface area contributed by atoms with Gasteiger partial charge in [0.1, 0.15) is 10.4 Å². The van der Waals surface area contributed by atoms with Crippen LogP contribution in [0.15, 0.2) is 46.6 Å². The molecule has 4 heteroatoms. The molecule has 4 rings (SSSR count). The van der Waals surface area contributed by atoms with Gasteiger partial charge >= 0.3 is 0 Å². The summed E-state index contributed by atoms with van der Waals surface area (Å²) in [5, 5.41) is 14.5. The Kier molecular flexibility index (Phi) is 4.52. The number of fused-ring (bicyclic) bond motifs is 3. The number of aromatic nitrogens is 1. The van der Waals surface area contributed by atoms with Crippen molar-refractivity contribution in [1.82, 2.24) is 4.98 Å². The lowest BCUT2D eigenvalue weighted by molar-refractivity contribution is 0.477. The summed E-state index contributed by atoms with van der Waals surface area (Å²) >= 11 is 1.43. The van der Waals surface area contributed by atoms with E-state index in [1.54, 1.807) is 6.07 Å². The SMILES string of the molecule is CCC[C@H](C)c1ccc(-c2c(O)cc(C)c3[nH]c(=O)c4sccc4c23)cc1. The number of hydrogen-bond acceptors (Lipinski definition) is 3. The van der Waals surface area contributed by atoms with Gasteiger partial charge in [0, 0.05) is 16.3 Å². The van der Waals surface area contributed by atoms with Crippen LogP contribution in [-0.2, 0) is 0 Å². The summed E-state index contributed by atoms with van der Waals surface area (Å²) in [6.07, 6.45) is 2.32. The summed E-state index contributed by atoms with van der Waals surface area (Å²) in [5.74, 6) is 0.765. The minimum atomic E-state index is -0.0732. The van der Waals surface area contributed by atoms with E-state index < -0.39 is 0 Å². The maximum atomic E-state index is 12.4. The number of pyridine rings is 1. The van der Waals surface area contributed by atoms with E-state index >= 15 is 0 Å². The van der Waals surface area contributed by atoms with Gasteiger partial charge in [-0.3, -0.25) is 4.79 Å². The zero-order chi connectivity index (χ0) is 19.1. The lowest BCUT2D eigenvalue weighted by Gasteiger charge is -2.15. The fraction of sp³-hybridized carbons (Fsp3) is 0.261. The Labute approximate surface area is 162 Å². The molecular formula is C23H23NO2S. The van der Waals surface area contributed by atoms with E-state index in [0.717, 1.165) is 45.8 Å². The molecule has 0 bridgehead atoms. The number of thiophene rings is 1. The first-order valence-corrected chi connectivity index (χ1v) is 10.2. The molecular weight excluding hydrogens is 354 g/mol. The molecule has 0 spiro atoms. The summed E-state index contributed by atoms with van der Waals surface area (Å²) < 4.78 is 0.696. The van der Waals surface area contributed by atoms with Crippen molar-refractivity contribution in [3.63, 3.8) is 0 Å². The predicted octanol–water partition coefficient (Wildman–Crippen LogP) is 6.33. The smallest absolute Gasteiger partial charge is 0.266 e. The molecule has 2 aromatic carbocycles. The van der Waals surface area contributed by atoms with E-state index in [0.29, 0.717) is 10.6 Å². The fourth-order valence-corrected chi connectivity index (χ4v) is 4.75. The van der Waals surface area contributed by atoms with Gasteiger partial charge in [0.2, 0.25) is 0 Å². The van der Waals surface area contributed by atoms with Crippen LogP contribution in [0.2, 0.25) is 0 Å². The minimum absolute atomic E-state index is 0.0732. The minimum Gasteiger partial charge on any atom is -0.507 e. The van der Waals surface area contributed by atoms with Crippen LogP contribution in [0, 0.1) is 6.92 Å². The van der Waals surface area contributed by atoms with E-state index in [2.05, 4.69) is 43.1 Å². The zero-order valence-electron chi connectivity index (χ0n) is 15.8. The Hall–Kier alpha value is -2.59. The number of aromatic hydroxyl groups is 1. The van der Waals surface area contributed by atoms with E-state index in [-0.39, 0.29) is 11.3 Å². The van der Waals surface area contributed by atoms with Gasteiger partial charge in [-0.05, 0) is 53.5 Å². The van der Waals surface area contributed by atoms with Gasteiger partial charge in [0.05, 0.1) is 5.52 Å². The number of phenolic OH excluding ortho intramolecular Hbond substituents is 1. The normalized spacial score (nSPS) is 12.7. The van der Waals surface area contributed by atoms with Crippen LogP contribution in [0.5, 0.6) is 5.75 Å². The molecule has 0 fully saturated rings. The van der Waals surface area contributed by atoms with Crippen molar-refractivity contribution in [1.29, 1.82) is 0 Å². The molecule has 0 amide bonds. The summed E-state index contributed by atoms with van der Waals surface area (Å²) in [6, 6.07) is 12.2. The molecule has 0 saturated heterocycles. The summed E-state index contributed by atoms with van der Waals surface area (Å²) in [5.41, 5.74) is 4.64. The van der Waals surface area contributed by atoms with E-state index in [1.165, 1.54) is 16.9 Å². The van der Waals surface area contributed by atoms with Gasteiger partial charge in [0.15, 0.2) is 0 Å². The fourth-order valence-electron chi connectivity index (χ4n) is 3.95. The van der Waals surface area contributed by atoms with Crippen molar-refractivity contribution in [3.05, 3.63) is 63.3 Å². The number of phenols is 1. The molecule has 0 saturated carbocycles. The van der Waals surface area contributed by atoms with Crippen molar-refractivity contribution in [2.24, 2.45) is 0 Å². The maximum Gasteiger partial charge on any atom is 0.266 e. The number of aromatic amines is 1. The van der Waals surface area contributed by atoms with Crippen molar-refractivity contribution in [3.8, 4) is 16.9 Å². The first-order valence-electron chi connectivity index (χ1n) is 9.37. The van der Waals surface area contributed by atoms with Crippen molar-refractivity contribution in [2.45, 2.75) is 39.5 Å². The van der Waals surface area contributed by atoms with E-state index in [4.69, 9.17) is 0 Å². The van der Waals surface area contributed by atoms with Gasteiger partial charge in [-0.1, -0.05) is 44.5 Å². The number of aryl methyl sites for hydroxylation is 1. The van der Waals surface area contributed by atoms with E-state index in [9.17, 15) is 9.90 Å². The number of hydrogen-bond donors (Lipinski definition) is 2. The number of H-pyrrole nitrogens is 1. The Morgan fingerprint density at radius 1 is 1.19 bits per heavy atom. The molecule has 0 aliphatic rings. The zero-order valence-corrected chi connectivity index (χ0v) is 16.6. The average molecular weight is 378 g/mol. The number of nitrogens with one attached hydrogen (secondary N) is 1. The molecule has 4 aromatic rings. The number of benzene rings is 2. The van der Waals surface area contributed by atoms with Gasteiger partial charge in [0.25, 0.3) is 5.56 Å². The second kappa shape index (κ2) is 6.86. The third kappa shape index (κ3) is 2.94. The molecule has 0 aliphatic carbocycles. The highest BCUT2D eigenvalue weighted by atomic mass is 32.1. The molecule has 3 nitrogen and oxygen atoms in total. The van der Waals surface area contributed by atoms with Crippen LogP contribution in [0.1, 0.15) is 43.7 Å². The molecule has 2 heterocycles. The van der Waals surface area contributed by atoms with Crippen LogP contribution in [-0.4, -0.2) is 10.1 Å². The molecule has 2 aromatic heterocycles. The van der Waals surface area contributed by atoms with Crippen molar-refractivity contribution in [2.75, 3.05) is 0 Å². The predicted molar refractivity (Wildman–Crippen MR) is 115 cm³/mol. The first-order chi connectivity index (χ1) is 13.0. The second-order valence-electron chi connectivity index (χ2n) is 7.27. The lowest BCUT2D eigenvalue weighted by atomic mass is 9.91. The van der Waals surface area contributed by atoms with Crippen LogP contribution in [0.4, 0.5) is 0 Å². The molecule has 0 radical (unpaired) electrons. The molecule has 0 aliphatic heterocycles. The molecule has 27 heavy (non-hydrogen) atoms. The average Bonchev–Trinajstić information content (AvgIpc) is 3.14. The maximum absolute atomic E-state index is 12.4. The Morgan fingerprint density at radius 3 is 2.63 bits per heavy atom. The van der Waals surface area contributed by atoms with Crippen LogP contribution < -0.4 is 5.56 Å².